The maximum absolute atomic E-state index is 13.3. The first-order valence-electron chi connectivity index (χ1n) is 10.7. The van der Waals surface area contributed by atoms with Gasteiger partial charge in [0.2, 0.25) is 5.89 Å². The lowest BCUT2D eigenvalue weighted by atomic mass is 10.1. The maximum atomic E-state index is 13.3. The number of nitrogens with one attached hydrogen (secondary N) is 1. The maximum Gasteiger partial charge on any atom is 0.256 e. The summed E-state index contributed by atoms with van der Waals surface area (Å²) < 4.78 is 11.9. The molecule has 1 amide bonds. The molecule has 5 rings (SSSR count). The highest BCUT2D eigenvalue weighted by molar-refractivity contribution is 6.31. The quantitative estimate of drug-likeness (QED) is 0.254. The van der Waals surface area contributed by atoms with Crippen molar-refractivity contribution in [3.63, 3.8) is 0 Å². The fourth-order valence-corrected chi connectivity index (χ4v) is 3.81. The predicted octanol–water partition coefficient (Wildman–Crippen LogP) is 8.36. The molecular weight excluding hydrogens is 483 g/mol. The van der Waals surface area contributed by atoms with Gasteiger partial charge >= 0.3 is 0 Å². The molecule has 0 aliphatic rings. The zero-order valence-electron chi connectivity index (χ0n) is 18.2. The molecule has 0 aliphatic heterocycles. The van der Waals surface area contributed by atoms with Gasteiger partial charge in [0.1, 0.15) is 5.75 Å². The number of rotatable bonds is 6. The molecule has 7 heteroatoms. The van der Waals surface area contributed by atoms with E-state index in [1.54, 1.807) is 54.7 Å². The number of carbonyl (C=O) groups excluding carboxylic acids is 1. The summed E-state index contributed by atoms with van der Waals surface area (Å²) in [5, 5.41) is 4.01. The van der Waals surface area contributed by atoms with E-state index in [0.717, 1.165) is 5.56 Å². The van der Waals surface area contributed by atoms with Crippen molar-refractivity contribution in [1.82, 2.24) is 4.98 Å². The second-order valence-corrected chi connectivity index (χ2v) is 8.46. The van der Waals surface area contributed by atoms with Crippen molar-refractivity contribution in [2.45, 2.75) is 0 Å². The van der Waals surface area contributed by atoms with Crippen LogP contribution in [0.2, 0.25) is 10.0 Å². The van der Waals surface area contributed by atoms with Crippen LogP contribution in [0.15, 0.2) is 108 Å². The topological polar surface area (TPSA) is 64.4 Å². The molecule has 35 heavy (non-hydrogen) atoms. The van der Waals surface area contributed by atoms with E-state index in [-0.39, 0.29) is 5.91 Å². The number of carbonyl (C=O) groups is 1. The van der Waals surface area contributed by atoms with E-state index in [9.17, 15) is 4.79 Å². The number of halogens is 2. The van der Waals surface area contributed by atoms with Crippen LogP contribution in [-0.2, 0) is 0 Å². The highest BCUT2D eigenvalue weighted by Crippen LogP contribution is 2.34. The molecule has 0 fully saturated rings. The number of hydrogen-bond acceptors (Lipinski definition) is 4. The molecular formula is C28H18Cl2N2O3. The molecule has 1 N–H and O–H groups in total. The summed E-state index contributed by atoms with van der Waals surface area (Å²) >= 11 is 12.2. The Balaban J connectivity index is 1.44. The second-order valence-electron chi connectivity index (χ2n) is 7.59. The van der Waals surface area contributed by atoms with Gasteiger partial charge in [-0.05, 0) is 66.7 Å². The van der Waals surface area contributed by atoms with Gasteiger partial charge in [-0.2, -0.15) is 0 Å². The average Bonchev–Trinajstić information content (AvgIpc) is 3.37. The Hall–Kier alpha value is -4.06. The zero-order valence-corrected chi connectivity index (χ0v) is 19.8. The fourth-order valence-electron chi connectivity index (χ4n) is 3.51. The molecule has 1 aromatic heterocycles. The molecule has 0 atom stereocenters. The number of aromatic nitrogens is 1. The number of nitrogens with zero attached hydrogens (tertiary/aromatic N) is 1. The molecule has 5 nitrogen and oxygen atoms in total. The van der Waals surface area contributed by atoms with Gasteiger partial charge in [0, 0.05) is 21.2 Å². The predicted molar refractivity (Wildman–Crippen MR) is 138 cm³/mol. The third kappa shape index (κ3) is 5.22. The molecule has 5 aromatic rings. The summed E-state index contributed by atoms with van der Waals surface area (Å²) in [6.45, 7) is 0. The van der Waals surface area contributed by atoms with Crippen molar-refractivity contribution in [2.75, 3.05) is 5.32 Å². The minimum Gasteiger partial charge on any atom is -0.455 e. The first-order valence-corrected chi connectivity index (χ1v) is 11.5. The van der Waals surface area contributed by atoms with Crippen molar-refractivity contribution in [2.24, 2.45) is 0 Å². The zero-order chi connectivity index (χ0) is 24.2. The smallest absolute Gasteiger partial charge is 0.256 e. The fraction of sp³-hybridized carbons (Fsp3) is 0. The van der Waals surface area contributed by atoms with E-state index >= 15 is 0 Å². The summed E-state index contributed by atoms with van der Waals surface area (Å²) in [7, 11) is 0. The third-order valence-corrected chi connectivity index (χ3v) is 5.68. The van der Waals surface area contributed by atoms with Crippen LogP contribution in [0.5, 0.6) is 11.5 Å². The molecule has 0 radical (unpaired) electrons. The molecule has 0 saturated heterocycles. The Bertz CT molecular complexity index is 1480. The van der Waals surface area contributed by atoms with Crippen LogP contribution in [-0.4, -0.2) is 10.9 Å². The lowest BCUT2D eigenvalue weighted by Gasteiger charge is -2.14. The normalized spacial score (nSPS) is 10.7. The molecule has 0 aliphatic carbocycles. The number of ether oxygens (including phenoxy) is 1. The van der Waals surface area contributed by atoms with Crippen molar-refractivity contribution in [3.05, 3.63) is 119 Å². The largest absolute Gasteiger partial charge is 0.455 e. The Kier molecular flexibility index (Phi) is 6.53. The summed E-state index contributed by atoms with van der Waals surface area (Å²) in [4.78, 5) is 17.7. The van der Waals surface area contributed by atoms with Gasteiger partial charge in [0.15, 0.2) is 11.5 Å². The lowest BCUT2D eigenvalue weighted by molar-refractivity contribution is 0.102. The van der Waals surface area contributed by atoms with Gasteiger partial charge in [-0.15, -0.1) is 0 Å². The van der Waals surface area contributed by atoms with Gasteiger partial charge < -0.3 is 14.5 Å². The van der Waals surface area contributed by atoms with Gasteiger partial charge in [0.05, 0.1) is 17.4 Å². The number of oxazole rings is 1. The average molecular weight is 501 g/mol. The number of anilines is 1. The van der Waals surface area contributed by atoms with E-state index in [1.807, 2.05) is 48.5 Å². The van der Waals surface area contributed by atoms with Gasteiger partial charge in [-0.3, -0.25) is 4.79 Å². The third-order valence-electron chi connectivity index (χ3n) is 5.20. The van der Waals surface area contributed by atoms with Crippen LogP contribution in [0.1, 0.15) is 10.4 Å². The molecule has 0 unspecified atom stereocenters. The van der Waals surface area contributed by atoms with Crippen molar-refractivity contribution in [1.29, 1.82) is 0 Å². The Morgan fingerprint density at radius 1 is 0.829 bits per heavy atom. The Labute approximate surface area is 211 Å². The minimum atomic E-state index is -0.355. The number of benzene rings is 4. The SMILES string of the molecule is O=C(Nc1cc(Cl)ccc1Oc1ccccc1)c1ccccc1-c1ncc(-c2ccc(Cl)cc2)o1. The monoisotopic (exact) mass is 500 g/mol. The first kappa shape index (κ1) is 22.7. The van der Waals surface area contributed by atoms with Gasteiger partial charge in [0.25, 0.3) is 5.91 Å². The minimum absolute atomic E-state index is 0.326. The number of hydrogen-bond donors (Lipinski definition) is 1. The number of para-hydroxylation sites is 1. The highest BCUT2D eigenvalue weighted by atomic mass is 35.5. The van der Waals surface area contributed by atoms with Gasteiger partial charge in [-0.25, -0.2) is 4.98 Å². The molecule has 0 bridgehead atoms. The summed E-state index contributed by atoms with van der Waals surface area (Å²) in [5.74, 6) is 1.65. The van der Waals surface area contributed by atoms with Crippen LogP contribution in [0.3, 0.4) is 0 Å². The highest BCUT2D eigenvalue weighted by Gasteiger charge is 2.19. The second kappa shape index (κ2) is 10.1. The van der Waals surface area contributed by atoms with Crippen molar-refractivity contribution in [3.8, 4) is 34.3 Å². The Morgan fingerprint density at radius 2 is 1.54 bits per heavy atom. The van der Waals surface area contributed by atoms with Crippen LogP contribution in [0, 0.1) is 0 Å². The summed E-state index contributed by atoms with van der Waals surface area (Å²) in [6, 6.07) is 28.7. The van der Waals surface area contributed by atoms with Crippen molar-refractivity contribution >= 4 is 34.8 Å². The van der Waals surface area contributed by atoms with E-state index in [2.05, 4.69) is 10.3 Å². The molecule has 1 heterocycles. The number of amides is 1. The lowest BCUT2D eigenvalue weighted by Crippen LogP contribution is -2.14. The van der Waals surface area contributed by atoms with Gasteiger partial charge in [-0.1, -0.05) is 53.5 Å². The molecule has 4 aromatic carbocycles. The van der Waals surface area contributed by atoms with E-state index < -0.39 is 0 Å². The Morgan fingerprint density at radius 3 is 2.34 bits per heavy atom. The summed E-state index contributed by atoms with van der Waals surface area (Å²) in [5.41, 5.74) is 2.22. The first-order chi connectivity index (χ1) is 17.1. The standard InChI is InChI=1S/C28H18Cl2N2O3/c29-19-12-10-18(11-13-19)26-17-31-28(35-26)23-9-5-4-8-22(23)27(33)32-24-16-20(30)14-15-25(24)34-21-6-2-1-3-7-21/h1-17H,(H,32,33). The van der Waals surface area contributed by atoms with E-state index in [1.165, 1.54) is 0 Å². The van der Waals surface area contributed by atoms with Crippen molar-refractivity contribution < 1.29 is 13.9 Å². The molecule has 172 valence electrons. The summed E-state index contributed by atoms with van der Waals surface area (Å²) in [6.07, 6.45) is 1.62. The van der Waals surface area contributed by atoms with Crippen LogP contribution < -0.4 is 10.1 Å². The molecule has 0 saturated carbocycles. The van der Waals surface area contributed by atoms with E-state index in [4.69, 9.17) is 32.4 Å². The van der Waals surface area contributed by atoms with Crippen LogP contribution in [0.4, 0.5) is 5.69 Å². The molecule has 0 spiro atoms. The van der Waals surface area contributed by atoms with Crippen LogP contribution in [0.25, 0.3) is 22.8 Å². The van der Waals surface area contributed by atoms with Crippen LogP contribution >= 0.6 is 23.2 Å². The van der Waals surface area contributed by atoms with E-state index in [0.29, 0.717) is 50.0 Å².